The maximum Gasteiger partial charge on any atom is 0.0800 e. The molecule has 0 aromatic rings. The van der Waals surface area contributed by atoms with Crippen LogP contribution in [-0.2, 0) is 0 Å². The van der Waals surface area contributed by atoms with Crippen molar-refractivity contribution in [2.75, 3.05) is 6.54 Å². The van der Waals surface area contributed by atoms with Crippen molar-refractivity contribution in [1.29, 1.82) is 0 Å². The second-order valence-electron chi connectivity index (χ2n) is 4.94. The molecule has 0 aliphatic heterocycles. The summed E-state index contributed by atoms with van der Waals surface area (Å²) in [4.78, 5) is 0. The van der Waals surface area contributed by atoms with Crippen molar-refractivity contribution in [3.8, 4) is 0 Å². The number of hydrogen-bond acceptors (Lipinski definition) is 2. The first-order valence-electron chi connectivity index (χ1n) is 5.67. The highest BCUT2D eigenvalue weighted by atomic mass is 16.3. The van der Waals surface area contributed by atoms with Crippen molar-refractivity contribution in [3.63, 3.8) is 0 Å². The quantitative estimate of drug-likeness (QED) is 0.696. The van der Waals surface area contributed by atoms with Crippen LogP contribution >= 0.6 is 0 Å². The minimum Gasteiger partial charge on any atom is -0.388 e. The van der Waals surface area contributed by atoms with Gasteiger partial charge in [0.1, 0.15) is 0 Å². The summed E-state index contributed by atoms with van der Waals surface area (Å²) in [5.74, 6) is 1.28. The molecule has 76 valence electrons. The Morgan fingerprint density at radius 3 is 2.23 bits per heavy atom. The summed E-state index contributed by atoms with van der Waals surface area (Å²) in [6.07, 6.45) is 8.70. The second kappa shape index (κ2) is 3.58. The third-order valence-corrected chi connectivity index (χ3v) is 3.81. The molecule has 2 saturated carbocycles. The van der Waals surface area contributed by atoms with E-state index in [4.69, 9.17) is 5.73 Å². The van der Waals surface area contributed by atoms with Crippen molar-refractivity contribution in [3.05, 3.63) is 0 Å². The predicted molar refractivity (Wildman–Crippen MR) is 53.3 cm³/mol. The van der Waals surface area contributed by atoms with Gasteiger partial charge < -0.3 is 10.8 Å². The summed E-state index contributed by atoms with van der Waals surface area (Å²) in [6, 6.07) is 0. The fourth-order valence-electron chi connectivity index (χ4n) is 2.75. The van der Waals surface area contributed by atoms with Gasteiger partial charge in [-0.2, -0.15) is 0 Å². The van der Waals surface area contributed by atoms with Gasteiger partial charge in [-0.05, 0) is 31.1 Å². The monoisotopic (exact) mass is 183 g/mol. The van der Waals surface area contributed by atoms with E-state index >= 15 is 0 Å². The zero-order valence-electron chi connectivity index (χ0n) is 8.34. The van der Waals surface area contributed by atoms with Crippen LogP contribution in [0.5, 0.6) is 0 Å². The van der Waals surface area contributed by atoms with Crippen LogP contribution < -0.4 is 5.73 Å². The number of aliphatic hydroxyl groups is 1. The molecule has 0 bridgehead atoms. The maximum atomic E-state index is 10.3. The SMILES string of the molecule is NCC(O)(CC1CCCC1)C1CC1. The normalized spacial score (nSPS) is 29.1. The second-order valence-corrected chi connectivity index (χ2v) is 4.94. The molecule has 2 fully saturated rings. The lowest BCUT2D eigenvalue weighted by atomic mass is 9.85. The number of hydrogen-bond donors (Lipinski definition) is 2. The van der Waals surface area contributed by atoms with E-state index in [-0.39, 0.29) is 0 Å². The van der Waals surface area contributed by atoms with Crippen molar-refractivity contribution < 1.29 is 5.11 Å². The third-order valence-electron chi connectivity index (χ3n) is 3.81. The molecule has 0 amide bonds. The lowest BCUT2D eigenvalue weighted by Crippen LogP contribution is -2.41. The van der Waals surface area contributed by atoms with E-state index in [2.05, 4.69) is 0 Å². The van der Waals surface area contributed by atoms with E-state index in [0.717, 1.165) is 12.3 Å². The minimum atomic E-state index is -0.505. The van der Waals surface area contributed by atoms with Gasteiger partial charge in [0, 0.05) is 6.54 Å². The molecule has 2 rings (SSSR count). The van der Waals surface area contributed by atoms with E-state index in [9.17, 15) is 5.11 Å². The van der Waals surface area contributed by atoms with Gasteiger partial charge in [0.2, 0.25) is 0 Å². The number of nitrogens with two attached hydrogens (primary N) is 1. The molecule has 0 spiro atoms. The Labute approximate surface area is 80.5 Å². The van der Waals surface area contributed by atoms with Gasteiger partial charge >= 0.3 is 0 Å². The van der Waals surface area contributed by atoms with E-state index < -0.39 is 5.60 Å². The fraction of sp³-hybridized carbons (Fsp3) is 1.00. The van der Waals surface area contributed by atoms with E-state index in [1.165, 1.54) is 38.5 Å². The van der Waals surface area contributed by atoms with Gasteiger partial charge in [0.25, 0.3) is 0 Å². The third kappa shape index (κ3) is 2.05. The van der Waals surface area contributed by atoms with Gasteiger partial charge in [0.05, 0.1) is 5.60 Å². The van der Waals surface area contributed by atoms with Gasteiger partial charge in [-0.25, -0.2) is 0 Å². The molecular formula is C11H21NO. The van der Waals surface area contributed by atoms with Crippen LogP contribution in [0.1, 0.15) is 44.9 Å². The Bertz CT molecular complexity index is 173. The van der Waals surface area contributed by atoms with Crippen LogP contribution in [0, 0.1) is 11.8 Å². The molecule has 0 radical (unpaired) electrons. The Morgan fingerprint density at radius 1 is 1.15 bits per heavy atom. The number of rotatable bonds is 4. The fourth-order valence-corrected chi connectivity index (χ4v) is 2.75. The van der Waals surface area contributed by atoms with Crippen LogP contribution in [0.25, 0.3) is 0 Å². The molecular weight excluding hydrogens is 162 g/mol. The molecule has 0 aromatic heterocycles. The lowest BCUT2D eigenvalue weighted by Gasteiger charge is -2.29. The van der Waals surface area contributed by atoms with Crippen LogP contribution in [-0.4, -0.2) is 17.3 Å². The van der Waals surface area contributed by atoms with Crippen LogP contribution in [0.4, 0.5) is 0 Å². The highest BCUT2D eigenvalue weighted by Crippen LogP contribution is 2.44. The summed E-state index contributed by atoms with van der Waals surface area (Å²) >= 11 is 0. The van der Waals surface area contributed by atoms with Gasteiger partial charge in [-0.15, -0.1) is 0 Å². The Kier molecular flexibility index (Phi) is 2.61. The molecule has 0 aromatic carbocycles. The van der Waals surface area contributed by atoms with Crippen LogP contribution in [0.2, 0.25) is 0 Å². The average molecular weight is 183 g/mol. The summed E-state index contributed by atoms with van der Waals surface area (Å²) in [7, 11) is 0. The molecule has 3 N–H and O–H groups in total. The molecule has 13 heavy (non-hydrogen) atoms. The molecule has 2 nitrogen and oxygen atoms in total. The van der Waals surface area contributed by atoms with Gasteiger partial charge in [-0.1, -0.05) is 25.7 Å². The molecule has 2 aliphatic carbocycles. The summed E-state index contributed by atoms with van der Waals surface area (Å²) in [5, 5.41) is 10.3. The van der Waals surface area contributed by atoms with Crippen LogP contribution in [0.15, 0.2) is 0 Å². The minimum absolute atomic E-state index is 0.466. The Morgan fingerprint density at radius 2 is 1.77 bits per heavy atom. The summed E-state index contributed by atoms with van der Waals surface area (Å²) in [5.41, 5.74) is 5.17. The molecule has 2 aliphatic rings. The summed E-state index contributed by atoms with van der Waals surface area (Å²) in [6.45, 7) is 0.466. The smallest absolute Gasteiger partial charge is 0.0800 e. The molecule has 2 heteroatoms. The molecule has 1 unspecified atom stereocenters. The molecule has 0 heterocycles. The lowest BCUT2D eigenvalue weighted by molar-refractivity contribution is 0.00314. The topological polar surface area (TPSA) is 46.2 Å². The van der Waals surface area contributed by atoms with Crippen molar-refractivity contribution in [2.45, 2.75) is 50.5 Å². The van der Waals surface area contributed by atoms with E-state index in [1.54, 1.807) is 0 Å². The molecule has 1 atom stereocenters. The van der Waals surface area contributed by atoms with E-state index in [1.807, 2.05) is 0 Å². The van der Waals surface area contributed by atoms with Crippen molar-refractivity contribution in [1.82, 2.24) is 0 Å². The average Bonchev–Trinajstić information content (AvgIpc) is 2.88. The highest BCUT2D eigenvalue weighted by Gasteiger charge is 2.44. The van der Waals surface area contributed by atoms with E-state index in [0.29, 0.717) is 12.5 Å². The van der Waals surface area contributed by atoms with Crippen molar-refractivity contribution >= 4 is 0 Å². The Balaban J connectivity index is 1.88. The van der Waals surface area contributed by atoms with Gasteiger partial charge in [-0.3, -0.25) is 0 Å². The standard InChI is InChI=1S/C11H21NO/c12-8-11(13,10-5-6-10)7-9-3-1-2-4-9/h9-10,13H,1-8,12H2. The zero-order valence-corrected chi connectivity index (χ0v) is 8.34. The predicted octanol–water partition coefficient (Wildman–Crippen LogP) is 1.67. The maximum absolute atomic E-state index is 10.3. The highest BCUT2D eigenvalue weighted by molar-refractivity contribution is 4.97. The Hall–Kier alpha value is -0.0800. The first-order chi connectivity index (χ1) is 6.24. The first-order valence-corrected chi connectivity index (χ1v) is 5.67. The van der Waals surface area contributed by atoms with Gasteiger partial charge in [0.15, 0.2) is 0 Å². The zero-order chi connectivity index (χ0) is 9.31. The van der Waals surface area contributed by atoms with Crippen molar-refractivity contribution in [2.24, 2.45) is 17.6 Å². The van der Waals surface area contributed by atoms with Crippen LogP contribution in [0.3, 0.4) is 0 Å². The molecule has 0 saturated heterocycles. The largest absolute Gasteiger partial charge is 0.388 e. The summed E-state index contributed by atoms with van der Waals surface area (Å²) < 4.78 is 0. The first kappa shape index (κ1) is 9.47.